The Morgan fingerprint density at radius 3 is 1.00 bits per heavy atom. The molecule has 0 fully saturated rings. The molecule has 8 rings (SSSR count). The third-order valence-electron chi connectivity index (χ3n) is 18.4. The van der Waals surface area contributed by atoms with Crippen LogP contribution >= 0.6 is 31.9 Å². The number of carbonyl (C=O) groups excluding carboxylic acids is 4. The number of ether oxygens (including phenoxy) is 4. The van der Waals surface area contributed by atoms with E-state index in [0.29, 0.717) is 48.2 Å². The van der Waals surface area contributed by atoms with E-state index in [-0.39, 0.29) is 62.8 Å². The Morgan fingerprint density at radius 2 is 0.775 bits per heavy atom. The first-order chi connectivity index (χ1) is 51.8. The fourth-order valence-corrected chi connectivity index (χ4v) is 15.1. The number of carbonyl (C=O) groups is 4. The molecule has 4 aromatic carbocycles. The molecule has 10 atom stereocenters. The summed E-state index contributed by atoms with van der Waals surface area (Å²) in [5.41, 5.74) is 8.13. The van der Waals surface area contributed by atoms with E-state index in [0.717, 1.165) is 68.7 Å². The summed E-state index contributed by atoms with van der Waals surface area (Å²) in [5, 5.41) is 32.2. The molecule has 0 spiro atoms. The molecule has 4 aliphatic heterocycles. The maximum Gasteiger partial charge on any atom is 0.480 e. The fraction of sp³-hybridized carbons (Fsp3) is 0.500. The van der Waals surface area contributed by atoms with Crippen molar-refractivity contribution >= 4 is 137 Å². The summed E-state index contributed by atoms with van der Waals surface area (Å²) in [7, 11) is -16.1. The lowest BCUT2D eigenvalue weighted by Crippen LogP contribution is -2.47. The highest BCUT2D eigenvalue weighted by molar-refractivity contribution is 9.10. The second-order valence-corrected chi connectivity index (χ2v) is 39.2. The average molecular weight is 1760 g/mol. The van der Waals surface area contributed by atoms with E-state index in [1.807, 2.05) is 67.6 Å². The van der Waals surface area contributed by atoms with Gasteiger partial charge in [0.25, 0.3) is 0 Å². The molecule has 612 valence electrons. The van der Waals surface area contributed by atoms with E-state index in [1.165, 1.54) is 39.7 Å². The highest BCUT2D eigenvalue weighted by Crippen LogP contribution is 2.36. The molecule has 0 aromatic heterocycles. The number of nitrogens with zero attached hydrogens (tertiary/aromatic N) is 4. The van der Waals surface area contributed by atoms with Gasteiger partial charge in [-0.25, -0.2) is 42.5 Å². The largest absolute Gasteiger partial charge is 0.480 e. The second kappa shape index (κ2) is 42.5. The Balaban J connectivity index is 0.000000304. The van der Waals surface area contributed by atoms with E-state index in [9.17, 15) is 61.6 Å². The summed E-state index contributed by atoms with van der Waals surface area (Å²) in [5.74, 6) is -2.14. The summed E-state index contributed by atoms with van der Waals surface area (Å²) in [6.07, 6.45) is 9.17. The monoisotopic (exact) mass is 1760 g/mol. The molecule has 0 unspecified atom stereocenters. The van der Waals surface area contributed by atoms with Gasteiger partial charge < -0.3 is 48.3 Å². The lowest BCUT2D eigenvalue weighted by Gasteiger charge is -2.27. The maximum atomic E-state index is 14.1. The number of alkyl halides is 2. The van der Waals surface area contributed by atoms with Crippen LogP contribution in [0, 0.1) is 0 Å². The summed E-state index contributed by atoms with van der Waals surface area (Å²) in [6.45, 7) is 19.4. The summed E-state index contributed by atoms with van der Waals surface area (Å²) in [4.78, 5) is 70.2. The number of halogens is 4. The molecule has 0 radical (unpaired) electrons. The smallest absolute Gasteiger partial charge is 0.465 e. The predicted octanol–water partition coefficient (Wildman–Crippen LogP) is 12.2. The van der Waals surface area contributed by atoms with E-state index >= 15 is 0 Å². The van der Waals surface area contributed by atoms with Gasteiger partial charge in [0.15, 0.2) is 58.3 Å². The zero-order valence-electron chi connectivity index (χ0n) is 65.1. The third kappa shape index (κ3) is 26.8. The van der Waals surface area contributed by atoms with Crippen molar-refractivity contribution in [3.63, 3.8) is 0 Å². The van der Waals surface area contributed by atoms with Crippen LogP contribution in [0.3, 0.4) is 0 Å². The van der Waals surface area contributed by atoms with Crippen molar-refractivity contribution in [2.24, 2.45) is 20.6 Å². The molecule has 111 heavy (non-hydrogen) atoms. The van der Waals surface area contributed by atoms with Crippen LogP contribution in [0.2, 0.25) is 0 Å². The molecule has 0 bridgehead atoms. The standard InChI is InChI=1S/C19H25BrFNO5S.C19H24FNO5S.C19H25NO5S.C16H20BrNO5S.C3H7BO2/c1-5-26-18(23)19(3,28(4,24)25)11-15-10-16(22-27-15)13-6-8-14(9-7-13)17(21)12(2)20;1-5-16(20)13-7-9-14(10-8-13)17-11-15(26-21-17)12-19(3,27(4,23)24)18(22)25-6-2;1-5-7-14-8-10-15(11-9-14)17-12-16(25-20-17)13-19(3,26(4,22)23)18(21)24-6-2;1-4-22-15(19)16(2,24(3,20)21)10-13-9-14(18-23-13)11-5-7-12(17)8-6-11;1-2-3-4(5)6/h6-9,12,15,17H,5,10-11H2,1-4H3;5,7-10,15H,6,11-12H2,1-4H3;5,7-11,16H,6,12-13H2,1-4H3;5-8,13H,4,9-10H2,1-3H3;2-3,5-6H,1H3/b;16-5-;7-5-;;3-2-/t12-,15-,17+,19-;15-,19-;16-,19-;13-,16-;/m1111./s1. The molecule has 26 nitrogen and oxygen atoms in total. The Hall–Kier alpha value is -7.54. The van der Waals surface area contributed by atoms with Crippen molar-refractivity contribution in [3.05, 3.63) is 165 Å². The fourth-order valence-electron chi connectivity index (χ4n) is 11.2. The first kappa shape index (κ1) is 95.8. The molecular formula is C76H101BBr2F2N4O22S4. The summed E-state index contributed by atoms with van der Waals surface area (Å²) >= 11 is 6.60. The van der Waals surface area contributed by atoms with Crippen molar-refractivity contribution in [3.8, 4) is 0 Å². The summed E-state index contributed by atoms with van der Waals surface area (Å²) < 4.78 is 139. The number of allylic oxidation sites excluding steroid dienone is 3. The van der Waals surface area contributed by atoms with Gasteiger partial charge in [-0.2, -0.15) is 0 Å². The Bertz CT molecular complexity index is 4530. The van der Waals surface area contributed by atoms with Gasteiger partial charge in [-0.05, 0) is 129 Å². The van der Waals surface area contributed by atoms with Crippen LogP contribution in [0.4, 0.5) is 8.78 Å². The zero-order valence-corrected chi connectivity index (χ0v) is 71.6. The normalized spacial score (nSPS) is 19.6. The maximum absolute atomic E-state index is 14.1. The molecule has 4 aliphatic rings. The van der Waals surface area contributed by atoms with Crippen molar-refractivity contribution in [1.29, 1.82) is 0 Å². The van der Waals surface area contributed by atoms with Crippen molar-refractivity contribution < 1.29 is 110 Å². The third-order valence-corrected chi connectivity index (χ3v) is 27.2. The average Bonchev–Trinajstić information content (AvgIpc) is 1.79. The number of hydrogen-bond acceptors (Lipinski definition) is 26. The molecule has 0 saturated heterocycles. The van der Waals surface area contributed by atoms with Gasteiger partial charge in [-0.3, -0.25) is 19.2 Å². The van der Waals surface area contributed by atoms with Crippen LogP contribution in [0.25, 0.3) is 11.9 Å². The van der Waals surface area contributed by atoms with Crippen molar-refractivity contribution in [2.45, 2.75) is 189 Å². The Labute approximate surface area is 668 Å². The van der Waals surface area contributed by atoms with Gasteiger partial charge in [0, 0.05) is 91.3 Å². The molecule has 4 aromatic rings. The number of rotatable bonds is 29. The molecule has 0 amide bonds. The number of sulfone groups is 4. The highest BCUT2D eigenvalue weighted by atomic mass is 79.9. The van der Waals surface area contributed by atoms with Crippen LogP contribution in [-0.2, 0) is 96.8 Å². The second-order valence-electron chi connectivity index (χ2n) is 27.1. The van der Waals surface area contributed by atoms with Gasteiger partial charge in [-0.1, -0.05) is 168 Å². The minimum Gasteiger partial charge on any atom is -0.465 e. The van der Waals surface area contributed by atoms with Crippen LogP contribution in [0.15, 0.2) is 146 Å². The quantitative estimate of drug-likeness (QED) is 0.0221. The van der Waals surface area contributed by atoms with E-state index in [2.05, 4.69) is 52.5 Å². The van der Waals surface area contributed by atoms with Crippen LogP contribution in [-0.4, -0.2) is 197 Å². The minimum absolute atomic E-state index is 0.00563. The lowest BCUT2D eigenvalue weighted by atomic mass is 9.92. The van der Waals surface area contributed by atoms with Gasteiger partial charge >= 0.3 is 31.0 Å². The van der Waals surface area contributed by atoms with Crippen LogP contribution in [0.1, 0.15) is 180 Å². The van der Waals surface area contributed by atoms with Gasteiger partial charge in [0.1, 0.15) is 36.4 Å². The molecule has 2 N–H and O–H groups in total. The van der Waals surface area contributed by atoms with E-state index < -0.39 is 120 Å². The molecule has 0 saturated carbocycles. The minimum atomic E-state index is -3.73. The molecule has 35 heteroatoms. The van der Waals surface area contributed by atoms with Crippen LogP contribution < -0.4 is 0 Å². The van der Waals surface area contributed by atoms with Gasteiger partial charge in [0.05, 0.1) is 49.3 Å². The lowest BCUT2D eigenvalue weighted by molar-refractivity contribution is -0.147. The number of oxime groups is 4. The van der Waals surface area contributed by atoms with E-state index in [4.69, 9.17) is 48.3 Å². The number of hydrogen-bond donors (Lipinski definition) is 2. The number of esters is 4. The summed E-state index contributed by atoms with van der Waals surface area (Å²) in [6, 6.07) is 29.0. The topological polar surface area (TPSA) is 369 Å². The zero-order chi connectivity index (χ0) is 83.7. The van der Waals surface area contributed by atoms with Gasteiger partial charge in [0.2, 0.25) is 0 Å². The van der Waals surface area contributed by atoms with Crippen molar-refractivity contribution in [1.82, 2.24) is 0 Å². The van der Waals surface area contributed by atoms with E-state index in [1.54, 1.807) is 103 Å². The van der Waals surface area contributed by atoms with Crippen molar-refractivity contribution in [2.75, 3.05) is 51.5 Å². The number of benzene rings is 4. The van der Waals surface area contributed by atoms with Crippen LogP contribution in [0.5, 0.6) is 0 Å². The van der Waals surface area contributed by atoms with Gasteiger partial charge in [-0.15, -0.1) is 0 Å². The first-order valence-electron chi connectivity index (χ1n) is 35.4. The molecular weight excluding hydrogens is 1660 g/mol. The highest BCUT2D eigenvalue weighted by Gasteiger charge is 2.52. The predicted molar refractivity (Wildman–Crippen MR) is 432 cm³/mol. The Morgan fingerprint density at radius 1 is 0.505 bits per heavy atom. The Kier molecular flexibility index (Phi) is 36.7. The molecule has 4 heterocycles. The first-order valence-corrected chi connectivity index (χ1v) is 44.7. The SMILES string of the molecule is C/C=C(\F)c1ccc(C2=NO[C@@H](C[C@](C)(C(=O)OCC)S(C)(=O)=O)C2)cc1.C/C=C\B(O)O.C/C=C\c1ccc(C2=NO[C@@H](C[C@](C)(C(=O)OCC)S(C)(=O)=O)C2)cc1.CCOC(=O)[C@@](C)(C[C@H]1CC(c2ccc(Br)cc2)=NO1)S(C)(=O)=O.CCOC(=O)[C@@](C)(C[C@H]1CC(c2ccc([C@@H](F)[C@@H](C)Br)cc2)=NO1)S(C)(=O)=O. The molecule has 0 aliphatic carbocycles.